The summed E-state index contributed by atoms with van der Waals surface area (Å²) in [5.74, 6) is -0.258. The molecule has 0 unspecified atom stereocenters. The van der Waals surface area contributed by atoms with E-state index in [9.17, 15) is 9.90 Å². The summed E-state index contributed by atoms with van der Waals surface area (Å²) in [6.07, 6.45) is 1.61. The first-order valence-electron chi connectivity index (χ1n) is 9.28. The van der Waals surface area contributed by atoms with E-state index in [0.29, 0.717) is 16.1 Å². The van der Waals surface area contributed by atoms with E-state index in [2.05, 4.69) is 4.99 Å². The maximum atomic E-state index is 12.7. The van der Waals surface area contributed by atoms with E-state index in [0.717, 1.165) is 21.9 Å². The number of carbonyl (C=O) groups excluding carboxylic acids is 1. The molecule has 3 aromatic carbocycles. The van der Waals surface area contributed by atoms with E-state index in [1.807, 2.05) is 66.0 Å². The molecule has 0 bridgehead atoms. The van der Waals surface area contributed by atoms with Crippen molar-refractivity contribution < 1.29 is 14.6 Å². The normalized spacial score (nSPS) is 11.2. The Labute approximate surface area is 172 Å². The summed E-state index contributed by atoms with van der Waals surface area (Å²) in [6.45, 7) is 2.07. The van der Waals surface area contributed by atoms with Gasteiger partial charge in [0.25, 0.3) is 0 Å². The average Bonchev–Trinajstić information content (AvgIpc) is 3.18. The molecule has 0 saturated heterocycles. The lowest BCUT2D eigenvalue weighted by Crippen LogP contribution is -2.05. The molecule has 1 N–H and O–H groups in total. The number of nitrogens with zero attached hydrogens (tertiary/aromatic N) is 1. The standard InChI is InChI=1S/C24H19NO3S/c1-2-28-24(27)22-20(16-8-4-3-5-9-16)15-29-23(22)25-14-19-18-11-7-6-10-17(18)12-13-21(19)26/h3-15,26H,2H2,1H3. The fraction of sp³-hybridized carbons (Fsp3) is 0.0833. The number of thiophene rings is 1. The van der Waals surface area contributed by atoms with Gasteiger partial charge in [-0.2, -0.15) is 0 Å². The largest absolute Gasteiger partial charge is 0.507 e. The number of fused-ring (bicyclic) bond motifs is 1. The maximum absolute atomic E-state index is 12.7. The van der Waals surface area contributed by atoms with Gasteiger partial charge in [-0.05, 0) is 29.3 Å². The van der Waals surface area contributed by atoms with Gasteiger partial charge in [0.05, 0.1) is 6.61 Å². The number of phenols is 1. The molecule has 4 aromatic rings. The van der Waals surface area contributed by atoms with Gasteiger partial charge in [0, 0.05) is 22.7 Å². The van der Waals surface area contributed by atoms with Gasteiger partial charge in [-0.1, -0.05) is 60.7 Å². The topological polar surface area (TPSA) is 58.9 Å². The second-order valence-corrected chi connectivity index (χ2v) is 7.25. The van der Waals surface area contributed by atoms with Gasteiger partial charge in [0.1, 0.15) is 16.3 Å². The molecule has 5 heteroatoms. The summed E-state index contributed by atoms with van der Waals surface area (Å²) in [4.78, 5) is 17.2. The highest BCUT2D eigenvalue weighted by molar-refractivity contribution is 7.14. The number of phenolic OH excluding ortho intramolecular Hbond substituents is 1. The molecule has 0 aliphatic heterocycles. The zero-order valence-electron chi connectivity index (χ0n) is 15.8. The lowest BCUT2D eigenvalue weighted by molar-refractivity contribution is 0.0529. The Morgan fingerprint density at radius 1 is 1.07 bits per heavy atom. The lowest BCUT2D eigenvalue weighted by atomic mass is 10.0. The Morgan fingerprint density at radius 3 is 2.62 bits per heavy atom. The summed E-state index contributed by atoms with van der Waals surface area (Å²) >= 11 is 1.38. The first-order valence-corrected chi connectivity index (χ1v) is 10.2. The van der Waals surface area contributed by atoms with Crippen LogP contribution in [0.3, 0.4) is 0 Å². The van der Waals surface area contributed by atoms with Crippen LogP contribution >= 0.6 is 11.3 Å². The summed E-state index contributed by atoms with van der Waals surface area (Å²) in [6, 6.07) is 21.0. The van der Waals surface area contributed by atoms with Crippen LogP contribution in [0.4, 0.5) is 5.00 Å². The van der Waals surface area contributed by atoms with Crippen LogP contribution in [0, 0.1) is 0 Å². The molecular weight excluding hydrogens is 382 g/mol. The summed E-state index contributed by atoms with van der Waals surface area (Å²) in [5.41, 5.74) is 2.79. The summed E-state index contributed by atoms with van der Waals surface area (Å²) < 4.78 is 5.28. The number of ether oxygens (including phenoxy) is 1. The van der Waals surface area contributed by atoms with Crippen molar-refractivity contribution in [3.8, 4) is 16.9 Å². The molecule has 1 heterocycles. The van der Waals surface area contributed by atoms with Crippen molar-refractivity contribution in [2.24, 2.45) is 4.99 Å². The van der Waals surface area contributed by atoms with Crippen molar-refractivity contribution in [2.75, 3.05) is 6.61 Å². The summed E-state index contributed by atoms with van der Waals surface area (Å²) in [5, 5.41) is 14.7. The van der Waals surface area contributed by atoms with E-state index in [-0.39, 0.29) is 12.4 Å². The Morgan fingerprint density at radius 2 is 1.83 bits per heavy atom. The minimum absolute atomic E-state index is 0.143. The van der Waals surface area contributed by atoms with Crippen LogP contribution in [0.1, 0.15) is 22.8 Å². The third-order valence-corrected chi connectivity index (χ3v) is 5.48. The van der Waals surface area contributed by atoms with Crippen LogP contribution in [0.25, 0.3) is 21.9 Å². The monoisotopic (exact) mass is 401 g/mol. The number of benzene rings is 3. The van der Waals surface area contributed by atoms with E-state index in [4.69, 9.17) is 4.74 Å². The molecule has 0 fully saturated rings. The molecule has 4 nitrogen and oxygen atoms in total. The quantitative estimate of drug-likeness (QED) is 0.320. The smallest absolute Gasteiger partial charge is 0.341 e. The van der Waals surface area contributed by atoms with E-state index in [1.54, 1.807) is 19.2 Å². The number of hydrogen-bond donors (Lipinski definition) is 1. The third kappa shape index (κ3) is 3.77. The van der Waals surface area contributed by atoms with Crippen molar-refractivity contribution in [3.05, 3.63) is 83.2 Å². The number of carbonyl (C=O) groups is 1. The number of rotatable bonds is 5. The second-order valence-electron chi connectivity index (χ2n) is 6.39. The highest BCUT2D eigenvalue weighted by Gasteiger charge is 2.21. The summed E-state index contributed by atoms with van der Waals surface area (Å²) in [7, 11) is 0. The van der Waals surface area contributed by atoms with Crippen molar-refractivity contribution in [2.45, 2.75) is 6.92 Å². The Hall–Kier alpha value is -3.44. The molecule has 4 rings (SSSR count). The Bertz CT molecular complexity index is 1200. The molecule has 0 atom stereocenters. The molecule has 0 amide bonds. The van der Waals surface area contributed by atoms with Crippen LogP contribution in [0.15, 0.2) is 77.1 Å². The molecule has 0 saturated carbocycles. The zero-order valence-corrected chi connectivity index (χ0v) is 16.6. The van der Waals surface area contributed by atoms with Gasteiger partial charge in [-0.3, -0.25) is 0 Å². The first kappa shape index (κ1) is 18.9. The molecule has 0 aliphatic carbocycles. The minimum atomic E-state index is -0.401. The lowest BCUT2D eigenvalue weighted by Gasteiger charge is -2.06. The van der Waals surface area contributed by atoms with Gasteiger partial charge in [-0.25, -0.2) is 9.79 Å². The number of hydrogen-bond acceptors (Lipinski definition) is 5. The highest BCUT2D eigenvalue weighted by atomic mass is 32.1. The van der Waals surface area contributed by atoms with Gasteiger partial charge in [0.2, 0.25) is 0 Å². The molecule has 0 aliphatic rings. The highest BCUT2D eigenvalue weighted by Crippen LogP contribution is 2.38. The third-order valence-electron chi connectivity index (χ3n) is 4.59. The Kier molecular flexibility index (Phi) is 5.40. The molecule has 144 valence electrons. The van der Waals surface area contributed by atoms with Crippen molar-refractivity contribution in [3.63, 3.8) is 0 Å². The predicted octanol–water partition coefficient (Wildman–Crippen LogP) is 6.20. The van der Waals surface area contributed by atoms with Crippen LogP contribution in [0.5, 0.6) is 5.75 Å². The van der Waals surface area contributed by atoms with Crippen LogP contribution in [-0.2, 0) is 4.74 Å². The van der Waals surface area contributed by atoms with Crippen LogP contribution in [0.2, 0.25) is 0 Å². The number of aromatic hydroxyl groups is 1. The Balaban J connectivity index is 1.81. The average molecular weight is 401 g/mol. The van der Waals surface area contributed by atoms with Crippen molar-refractivity contribution in [1.82, 2.24) is 0 Å². The predicted molar refractivity (Wildman–Crippen MR) is 119 cm³/mol. The second kappa shape index (κ2) is 8.29. The van der Waals surface area contributed by atoms with Gasteiger partial charge in [-0.15, -0.1) is 11.3 Å². The van der Waals surface area contributed by atoms with Gasteiger partial charge in [0.15, 0.2) is 0 Å². The molecular formula is C24H19NO3S. The minimum Gasteiger partial charge on any atom is -0.507 e. The zero-order chi connectivity index (χ0) is 20.2. The number of esters is 1. The van der Waals surface area contributed by atoms with Crippen molar-refractivity contribution in [1.29, 1.82) is 0 Å². The van der Waals surface area contributed by atoms with E-state index in [1.165, 1.54) is 11.3 Å². The van der Waals surface area contributed by atoms with E-state index >= 15 is 0 Å². The molecule has 0 spiro atoms. The number of aliphatic imine (C=N–C) groups is 1. The molecule has 29 heavy (non-hydrogen) atoms. The molecule has 0 radical (unpaired) electrons. The van der Waals surface area contributed by atoms with Gasteiger partial charge >= 0.3 is 5.97 Å². The van der Waals surface area contributed by atoms with Gasteiger partial charge < -0.3 is 9.84 Å². The SMILES string of the molecule is CCOC(=O)c1c(-c2ccccc2)csc1N=Cc1c(O)ccc2ccccc12. The molecule has 1 aromatic heterocycles. The first-order chi connectivity index (χ1) is 14.2. The van der Waals surface area contributed by atoms with Crippen molar-refractivity contribution >= 4 is 39.3 Å². The maximum Gasteiger partial charge on any atom is 0.341 e. The van der Waals surface area contributed by atoms with E-state index < -0.39 is 5.97 Å². The van der Waals surface area contributed by atoms with Crippen LogP contribution in [-0.4, -0.2) is 23.9 Å². The fourth-order valence-electron chi connectivity index (χ4n) is 3.22. The van der Waals surface area contributed by atoms with Crippen LogP contribution < -0.4 is 0 Å². The fourth-order valence-corrected chi connectivity index (χ4v) is 4.12.